The van der Waals surface area contributed by atoms with Crippen LogP contribution in [0.1, 0.15) is 5.69 Å². The molecule has 3 heteroatoms. The lowest BCUT2D eigenvalue weighted by atomic mass is 9.98. The molecule has 0 aliphatic heterocycles. The Kier molecular flexibility index (Phi) is 0.892. The Bertz CT molecular complexity index is 144. The van der Waals surface area contributed by atoms with Crippen LogP contribution in [0, 0.1) is 6.92 Å². The Morgan fingerprint density at radius 1 is 1.86 bits per heavy atom. The van der Waals surface area contributed by atoms with Gasteiger partial charge in [0.2, 0.25) is 0 Å². The zero-order chi connectivity index (χ0) is 5.28. The Hall–Kier alpha value is -0.725. The monoisotopic (exact) mass is 93.0 g/mol. The van der Waals surface area contributed by atoms with Gasteiger partial charge in [-0.25, -0.2) is 0 Å². The van der Waals surface area contributed by atoms with E-state index < -0.39 is 0 Å². The second kappa shape index (κ2) is 1.41. The van der Waals surface area contributed by atoms with Gasteiger partial charge in [-0.05, 0) is 12.4 Å². The van der Waals surface area contributed by atoms with Crippen LogP contribution in [-0.2, 0) is 0 Å². The SMILES string of the molecule is [B]c1conc1C. The van der Waals surface area contributed by atoms with Crippen LogP contribution in [0.2, 0.25) is 0 Å². The standard InChI is InChI=1S/C4H4BNO/c1-3-4(5)2-7-6-3/h2H,1H3. The Morgan fingerprint density at radius 3 is 2.71 bits per heavy atom. The number of hydrogen-bond acceptors (Lipinski definition) is 2. The number of aromatic nitrogens is 1. The first-order valence-corrected chi connectivity index (χ1v) is 1.97. The number of rotatable bonds is 0. The van der Waals surface area contributed by atoms with Gasteiger partial charge in [-0.3, -0.25) is 0 Å². The largest absolute Gasteiger partial charge is 0.365 e. The first-order chi connectivity index (χ1) is 3.30. The first-order valence-electron chi connectivity index (χ1n) is 1.97. The minimum absolute atomic E-state index is 0.611. The maximum absolute atomic E-state index is 5.28. The molecule has 0 N–H and O–H groups in total. The topological polar surface area (TPSA) is 26.0 Å². The van der Waals surface area contributed by atoms with Crippen molar-refractivity contribution >= 4 is 13.3 Å². The molecular weight excluding hydrogens is 88.9 g/mol. The normalized spacial score (nSPS) is 9.29. The van der Waals surface area contributed by atoms with Crippen LogP contribution in [0.3, 0.4) is 0 Å². The van der Waals surface area contributed by atoms with Gasteiger partial charge < -0.3 is 4.52 Å². The highest BCUT2D eigenvalue weighted by Crippen LogP contribution is 1.82. The predicted octanol–water partition coefficient (Wildman–Crippen LogP) is -0.223. The summed E-state index contributed by atoms with van der Waals surface area (Å²) >= 11 is 0. The fraction of sp³-hybridized carbons (Fsp3) is 0.250. The van der Waals surface area contributed by atoms with Gasteiger partial charge in [0.25, 0.3) is 0 Å². The third-order valence-corrected chi connectivity index (χ3v) is 0.787. The molecule has 0 amide bonds. The van der Waals surface area contributed by atoms with E-state index in [9.17, 15) is 0 Å². The Balaban J connectivity index is 3.12. The van der Waals surface area contributed by atoms with Crippen molar-refractivity contribution in [3.8, 4) is 0 Å². The second-order valence-corrected chi connectivity index (χ2v) is 1.36. The van der Waals surface area contributed by atoms with Gasteiger partial charge >= 0.3 is 0 Å². The van der Waals surface area contributed by atoms with E-state index in [4.69, 9.17) is 7.85 Å². The highest BCUT2D eigenvalue weighted by molar-refractivity contribution is 6.32. The third-order valence-electron chi connectivity index (χ3n) is 0.787. The van der Waals surface area contributed by atoms with E-state index in [-0.39, 0.29) is 0 Å². The summed E-state index contributed by atoms with van der Waals surface area (Å²) in [5, 5.41) is 3.52. The summed E-state index contributed by atoms with van der Waals surface area (Å²) in [7, 11) is 5.28. The van der Waals surface area contributed by atoms with Gasteiger partial charge in [-0.1, -0.05) is 5.16 Å². The quantitative estimate of drug-likeness (QED) is 0.414. The van der Waals surface area contributed by atoms with Gasteiger partial charge in [0.1, 0.15) is 14.1 Å². The molecule has 0 aliphatic rings. The molecule has 2 radical (unpaired) electrons. The lowest BCUT2D eigenvalue weighted by Crippen LogP contribution is -2.00. The predicted molar refractivity (Wildman–Crippen MR) is 26.6 cm³/mol. The van der Waals surface area contributed by atoms with Crippen molar-refractivity contribution in [2.45, 2.75) is 6.92 Å². The van der Waals surface area contributed by atoms with E-state index in [2.05, 4.69) is 9.68 Å². The van der Waals surface area contributed by atoms with Gasteiger partial charge in [-0.2, -0.15) is 0 Å². The van der Waals surface area contributed by atoms with E-state index in [0.717, 1.165) is 5.69 Å². The molecule has 0 saturated heterocycles. The summed E-state index contributed by atoms with van der Waals surface area (Å²) < 4.78 is 4.47. The summed E-state index contributed by atoms with van der Waals surface area (Å²) in [4.78, 5) is 0. The molecule has 34 valence electrons. The first kappa shape index (κ1) is 4.43. The molecule has 1 aromatic heterocycles. The van der Waals surface area contributed by atoms with E-state index in [1.807, 2.05) is 0 Å². The highest BCUT2D eigenvalue weighted by atomic mass is 16.5. The summed E-state index contributed by atoms with van der Waals surface area (Å²) in [5.74, 6) is 0. The van der Waals surface area contributed by atoms with E-state index in [1.165, 1.54) is 6.26 Å². The molecule has 0 fully saturated rings. The van der Waals surface area contributed by atoms with Gasteiger partial charge in [0, 0.05) is 0 Å². The maximum atomic E-state index is 5.28. The molecule has 1 rings (SSSR count). The number of aryl methyl sites for hydroxylation is 1. The van der Waals surface area contributed by atoms with Crippen LogP contribution in [0.15, 0.2) is 10.8 Å². The van der Waals surface area contributed by atoms with Crippen LogP contribution in [0.5, 0.6) is 0 Å². The lowest BCUT2D eigenvalue weighted by molar-refractivity contribution is 0.415. The van der Waals surface area contributed by atoms with Crippen LogP contribution < -0.4 is 5.46 Å². The molecule has 0 saturated carbocycles. The van der Waals surface area contributed by atoms with Gasteiger partial charge in [0.15, 0.2) is 0 Å². The van der Waals surface area contributed by atoms with Crippen LogP contribution in [0.4, 0.5) is 0 Å². The van der Waals surface area contributed by atoms with Crippen LogP contribution >= 0.6 is 0 Å². The van der Waals surface area contributed by atoms with Crippen molar-refractivity contribution in [2.75, 3.05) is 0 Å². The highest BCUT2D eigenvalue weighted by Gasteiger charge is 1.90. The lowest BCUT2D eigenvalue weighted by Gasteiger charge is -1.74. The fourth-order valence-electron chi connectivity index (χ4n) is 0.300. The molecule has 0 aromatic carbocycles. The van der Waals surface area contributed by atoms with Crippen LogP contribution in [-0.4, -0.2) is 13.0 Å². The van der Waals surface area contributed by atoms with Crippen molar-refractivity contribution in [3.05, 3.63) is 12.0 Å². The minimum atomic E-state index is 0.611. The van der Waals surface area contributed by atoms with E-state index in [0.29, 0.717) is 5.46 Å². The molecule has 0 unspecified atom stereocenters. The molecular formula is C4H4BNO. The fourth-order valence-corrected chi connectivity index (χ4v) is 0.300. The van der Waals surface area contributed by atoms with Gasteiger partial charge in [-0.15, -0.1) is 0 Å². The number of hydrogen-bond donors (Lipinski definition) is 0. The summed E-state index contributed by atoms with van der Waals surface area (Å²) in [6, 6.07) is 0. The molecule has 1 aromatic rings. The zero-order valence-corrected chi connectivity index (χ0v) is 4.01. The smallest absolute Gasteiger partial charge is 0.121 e. The summed E-state index contributed by atoms with van der Waals surface area (Å²) in [6.45, 7) is 1.79. The van der Waals surface area contributed by atoms with Crippen molar-refractivity contribution in [2.24, 2.45) is 0 Å². The zero-order valence-electron chi connectivity index (χ0n) is 4.01. The van der Waals surface area contributed by atoms with Crippen LogP contribution in [0.25, 0.3) is 0 Å². The molecule has 0 bridgehead atoms. The van der Waals surface area contributed by atoms with E-state index in [1.54, 1.807) is 6.92 Å². The van der Waals surface area contributed by atoms with Crippen molar-refractivity contribution in [3.63, 3.8) is 0 Å². The average molecular weight is 92.9 g/mol. The molecule has 2 nitrogen and oxygen atoms in total. The third kappa shape index (κ3) is 0.658. The van der Waals surface area contributed by atoms with E-state index >= 15 is 0 Å². The van der Waals surface area contributed by atoms with Crippen molar-refractivity contribution in [1.29, 1.82) is 0 Å². The van der Waals surface area contributed by atoms with Gasteiger partial charge in [0.05, 0.1) is 5.69 Å². The summed E-state index contributed by atoms with van der Waals surface area (Å²) in [5.41, 5.74) is 1.36. The Morgan fingerprint density at radius 2 is 2.57 bits per heavy atom. The molecule has 0 aliphatic carbocycles. The average Bonchev–Trinajstić information content (AvgIpc) is 1.91. The summed E-state index contributed by atoms with van der Waals surface area (Å²) in [6.07, 6.45) is 1.41. The minimum Gasteiger partial charge on any atom is -0.365 e. The van der Waals surface area contributed by atoms with Crippen molar-refractivity contribution in [1.82, 2.24) is 5.16 Å². The molecule has 0 atom stereocenters. The molecule has 0 spiro atoms. The maximum Gasteiger partial charge on any atom is 0.121 e. The molecule has 1 heterocycles. The second-order valence-electron chi connectivity index (χ2n) is 1.36. The van der Waals surface area contributed by atoms with Crippen molar-refractivity contribution < 1.29 is 4.52 Å². The number of nitrogens with zero attached hydrogens (tertiary/aromatic N) is 1. The molecule has 7 heavy (non-hydrogen) atoms. The Labute approximate surface area is 42.9 Å².